The fourth-order valence-electron chi connectivity index (χ4n) is 2.42. The third-order valence-electron chi connectivity index (χ3n) is 3.82. The molecule has 0 aliphatic heterocycles. The molecule has 6 heteroatoms. The predicted molar refractivity (Wildman–Crippen MR) is 102 cm³/mol. The SMILES string of the molecule is CC(C)(C)N([O])c1cccc(N([O])c2cccc(N([O])C(C)(C)C)c2)c1. The van der Waals surface area contributed by atoms with Crippen molar-refractivity contribution in [1.82, 2.24) is 0 Å². The summed E-state index contributed by atoms with van der Waals surface area (Å²) in [4.78, 5) is 0. The van der Waals surface area contributed by atoms with E-state index in [1.807, 2.05) is 0 Å². The zero-order valence-corrected chi connectivity index (χ0v) is 16.2. The second kappa shape index (κ2) is 7.15. The van der Waals surface area contributed by atoms with E-state index in [-0.39, 0.29) is 0 Å². The number of anilines is 4. The quantitative estimate of drug-likeness (QED) is 0.718. The van der Waals surface area contributed by atoms with E-state index >= 15 is 0 Å². The van der Waals surface area contributed by atoms with E-state index < -0.39 is 11.1 Å². The fraction of sp³-hybridized carbons (Fsp3) is 0.400. The second-order valence-corrected chi connectivity index (χ2v) is 8.26. The van der Waals surface area contributed by atoms with Crippen molar-refractivity contribution in [1.29, 1.82) is 0 Å². The highest BCUT2D eigenvalue weighted by Crippen LogP contribution is 2.32. The molecule has 0 spiro atoms. The standard InChI is InChI=1S/C20H26N3O3/c1-19(2,3)22(25)17-11-7-9-15(13-17)21(24)16-10-8-12-18(14-16)23(26)20(4,5)6/h7-14H,1-6H3. The van der Waals surface area contributed by atoms with Crippen LogP contribution in [-0.4, -0.2) is 11.1 Å². The van der Waals surface area contributed by atoms with Crippen molar-refractivity contribution in [2.75, 3.05) is 15.2 Å². The molecule has 0 saturated heterocycles. The first kappa shape index (κ1) is 20.0. The average Bonchev–Trinajstić information content (AvgIpc) is 2.58. The predicted octanol–water partition coefficient (Wildman–Crippen LogP) is 5.07. The van der Waals surface area contributed by atoms with Crippen molar-refractivity contribution in [2.45, 2.75) is 52.6 Å². The Hall–Kier alpha value is -2.28. The van der Waals surface area contributed by atoms with Crippen LogP contribution in [-0.2, 0) is 15.6 Å². The number of benzene rings is 2. The number of rotatable bonds is 4. The molecule has 2 aromatic rings. The average molecular weight is 356 g/mol. The van der Waals surface area contributed by atoms with Crippen LogP contribution in [0.15, 0.2) is 48.5 Å². The van der Waals surface area contributed by atoms with Crippen LogP contribution in [0.1, 0.15) is 41.5 Å². The molecule has 0 aromatic heterocycles. The molecule has 0 saturated carbocycles. The molecule has 0 atom stereocenters. The lowest BCUT2D eigenvalue weighted by molar-refractivity contribution is 0.102. The van der Waals surface area contributed by atoms with Gasteiger partial charge in [0, 0.05) is 0 Å². The van der Waals surface area contributed by atoms with Crippen molar-refractivity contribution in [2.24, 2.45) is 0 Å². The van der Waals surface area contributed by atoms with E-state index in [1.165, 1.54) is 0 Å². The maximum absolute atomic E-state index is 12.8. The van der Waals surface area contributed by atoms with Crippen LogP contribution in [0.4, 0.5) is 22.7 Å². The van der Waals surface area contributed by atoms with E-state index in [2.05, 4.69) is 0 Å². The Labute approximate surface area is 155 Å². The van der Waals surface area contributed by atoms with E-state index in [0.29, 0.717) is 22.7 Å². The van der Waals surface area contributed by atoms with Gasteiger partial charge in [-0.3, -0.25) is 0 Å². The van der Waals surface area contributed by atoms with Crippen LogP contribution < -0.4 is 15.2 Å². The summed E-state index contributed by atoms with van der Waals surface area (Å²) in [5.41, 5.74) is 0.263. The van der Waals surface area contributed by atoms with Crippen LogP contribution in [0.3, 0.4) is 0 Å². The van der Waals surface area contributed by atoms with E-state index in [4.69, 9.17) is 0 Å². The van der Waals surface area contributed by atoms with Gasteiger partial charge in [-0.1, -0.05) is 27.8 Å². The zero-order valence-electron chi connectivity index (χ0n) is 16.2. The van der Waals surface area contributed by atoms with Crippen LogP contribution >= 0.6 is 0 Å². The van der Waals surface area contributed by atoms with Gasteiger partial charge < -0.3 is 0 Å². The van der Waals surface area contributed by atoms with Crippen molar-refractivity contribution in [3.63, 3.8) is 0 Å². The molecule has 0 fully saturated rings. The number of nitrogens with zero attached hydrogens (tertiary/aromatic N) is 3. The summed E-state index contributed by atoms with van der Waals surface area (Å²) in [6, 6.07) is 13.1. The summed E-state index contributed by atoms with van der Waals surface area (Å²) < 4.78 is 0. The molecule has 2 rings (SSSR count). The lowest BCUT2D eigenvalue weighted by Gasteiger charge is -2.30. The van der Waals surface area contributed by atoms with Crippen LogP contribution in [0.25, 0.3) is 0 Å². The molecule has 3 radical (unpaired) electrons. The summed E-state index contributed by atoms with van der Waals surface area (Å²) in [5, 5.41) is 40.0. The Kier molecular flexibility index (Phi) is 5.51. The first-order valence-corrected chi connectivity index (χ1v) is 8.53. The second-order valence-electron chi connectivity index (χ2n) is 8.26. The van der Waals surface area contributed by atoms with Gasteiger partial charge in [0.2, 0.25) is 0 Å². The molecule has 0 aliphatic carbocycles. The highest BCUT2D eigenvalue weighted by Gasteiger charge is 2.24. The summed E-state index contributed by atoms with van der Waals surface area (Å²) in [7, 11) is 0. The normalized spacial score (nSPS) is 12.0. The molecular weight excluding hydrogens is 330 g/mol. The molecule has 6 nitrogen and oxygen atoms in total. The third-order valence-corrected chi connectivity index (χ3v) is 3.82. The lowest BCUT2D eigenvalue weighted by atomic mass is 10.1. The molecule has 0 unspecified atom stereocenters. The molecule has 0 bridgehead atoms. The maximum Gasteiger partial charge on any atom is 0.0748 e. The first-order chi connectivity index (χ1) is 11.9. The lowest BCUT2D eigenvalue weighted by Crippen LogP contribution is -2.37. The van der Waals surface area contributed by atoms with Gasteiger partial charge in [-0.15, -0.1) is 0 Å². The van der Waals surface area contributed by atoms with Gasteiger partial charge in [-0.2, -0.15) is 5.06 Å². The zero-order chi connectivity index (χ0) is 19.7. The van der Waals surface area contributed by atoms with Crippen molar-refractivity contribution in [3.05, 3.63) is 48.5 Å². The Morgan fingerprint density at radius 1 is 0.577 bits per heavy atom. The number of hydrogen-bond donors (Lipinski definition) is 0. The van der Waals surface area contributed by atoms with Gasteiger partial charge in [0.1, 0.15) is 0 Å². The third kappa shape index (κ3) is 4.46. The first-order valence-electron chi connectivity index (χ1n) is 8.53. The van der Waals surface area contributed by atoms with E-state index in [1.54, 1.807) is 90.1 Å². The van der Waals surface area contributed by atoms with Crippen molar-refractivity contribution in [3.8, 4) is 0 Å². The minimum atomic E-state index is -0.609. The van der Waals surface area contributed by atoms with Gasteiger partial charge in [-0.25, -0.2) is 10.1 Å². The Bertz CT molecular complexity index is 687. The van der Waals surface area contributed by atoms with E-state index in [9.17, 15) is 15.6 Å². The molecule has 0 heterocycles. The highest BCUT2D eigenvalue weighted by molar-refractivity contribution is 5.68. The van der Waals surface area contributed by atoms with Gasteiger partial charge in [0.25, 0.3) is 0 Å². The van der Waals surface area contributed by atoms with Crippen LogP contribution in [0.2, 0.25) is 0 Å². The molecule has 0 N–H and O–H groups in total. The molecule has 139 valence electrons. The van der Waals surface area contributed by atoms with Crippen LogP contribution in [0.5, 0.6) is 0 Å². The molecular formula is C20H26N3O3. The summed E-state index contributed by atoms with van der Waals surface area (Å²) in [6.07, 6.45) is 0. The summed E-state index contributed by atoms with van der Waals surface area (Å²) in [5.74, 6) is 0. The minimum absolute atomic E-state index is 0.331. The molecule has 26 heavy (non-hydrogen) atoms. The number of hydroxylamine groups is 2. The monoisotopic (exact) mass is 356 g/mol. The number of hydrogen-bond acceptors (Lipinski definition) is 3. The molecule has 2 aromatic carbocycles. The summed E-state index contributed by atoms with van der Waals surface area (Å²) >= 11 is 0. The molecule has 0 aliphatic rings. The topological polar surface area (TPSA) is 69.4 Å². The summed E-state index contributed by atoms with van der Waals surface area (Å²) in [6.45, 7) is 10.8. The van der Waals surface area contributed by atoms with Gasteiger partial charge in [0.15, 0.2) is 0 Å². The van der Waals surface area contributed by atoms with E-state index in [0.717, 1.165) is 15.2 Å². The van der Waals surface area contributed by atoms with Crippen molar-refractivity contribution < 1.29 is 15.6 Å². The largest absolute Gasteiger partial charge is 0.215 e. The Morgan fingerprint density at radius 2 is 0.885 bits per heavy atom. The van der Waals surface area contributed by atoms with Gasteiger partial charge in [-0.05, 0) is 77.9 Å². The highest BCUT2D eigenvalue weighted by atomic mass is 16.5. The maximum atomic E-state index is 12.8. The minimum Gasteiger partial charge on any atom is -0.215 e. The smallest absolute Gasteiger partial charge is 0.0748 e. The Balaban J connectivity index is 2.34. The fourth-order valence-corrected chi connectivity index (χ4v) is 2.42. The van der Waals surface area contributed by atoms with Gasteiger partial charge in [0.05, 0.1) is 33.8 Å². The van der Waals surface area contributed by atoms with Crippen molar-refractivity contribution >= 4 is 22.7 Å². The Morgan fingerprint density at radius 3 is 1.19 bits per heavy atom. The van der Waals surface area contributed by atoms with Crippen LogP contribution in [0, 0.1) is 0 Å². The molecule has 0 amide bonds. The van der Waals surface area contributed by atoms with Gasteiger partial charge >= 0.3 is 0 Å².